The maximum absolute atomic E-state index is 11.3. The minimum atomic E-state index is -0.594. The molecule has 0 aliphatic carbocycles. The molecule has 0 aromatic carbocycles. The normalized spacial score (nSPS) is 9.77. The summed E-state index contributed by atoms with van der Waals surface area (Å²) in [5, 5.41) is 5.91. The van der Waals surface area contributed by atoms with E-state index in [4.69, 9.17) is 4.74 Å². The SMILES string of the molecule is CNC(=O)n1nc(OC)n(C)c1=O. The Morgan fingerprint density at radius 3 is 2.62 bits per heavy atom. The molecule has 0 bridgehead atoms. The Kier molecular flexibility index (Phi) is 2.36. The third kappa shape index (κ3) is 1.40. The van der Waals surface area contributed by atoms with Crippen LogP contribution >= 0.6 is 0 Å². The van der Waals surface area contributed by atoms with Gasteiger partial charge in [-0.1, -0.05) is 0 Å². The molecule has 1 aromatic rings. The van der Waals surface area contributed by atoms with Crippen LogP contribution in [-0.2, 0) is 7.05 Å². The van der Waals surface area contributed by atoms with Crippen molar-refractivity contribution in [3.05, 3.63) is 10.5 Å². The molecule has 1 N–H and O–H groups in total. The van der Waals surface area contributed by atoms with Crippen molar-refractivity contribution < 1.29 is 9.53 Å². The zero-order valence-electron chi connectivity index (χ0n) is 7.57. The van der Waals surface area contributed by atoms with E-state index < -0.39 is 11.7 Å². The molecule has 1 rings (SSSR count). The van der Waals surface area contributed by atoms with Crippen molar-refractivity contribution >= 4 is 6.03 Å². The first-order valence-corrected chi connectivity index (χ1v) is 3.54. The first kappa shape index (κ1) is 9.30. The van der Waals surface area contributed by atoms with Crippen molar-refractivity contribution in [3.8, 4) is 6.01 Å². The zero-order chi connectivity index (χ0) is 10.0. The summed E-state index contributed by atoms with van der Waals surface area (Å²) in [6.07, 6.45) is 0. The molecule has 13 heavy (non-hydrogen) atoms. The Morgan fingerprint density at radius 1 is 1.62 bits per heavy atom. The van der Waals surface area contributed by atoms with Gasteiger partial charge in [0.1, 0.15) is 0 Å². The maximum atomic E-state index is 11.3. The van der Waals surface area contributed by atoms with Crippen molar-refractivity contribution in [1.29, 1.82) is 0 Å². The summed E-state index contributed by atoms with van der Waals surface area (Å²) in [4.78, 5) is 22.3. The van der Waals surface area contributed by atoms with Crippen LogP contribution in [0, 0.1) is 0 Å². The van der Waals surface area contributed by atoms with Crippen molar-refractivity contribution in [2.45, 2.75) is 0 Å². The first-order chi connectivity index (χ1) is 6.11. The third-order valence-corrected chi connectivity index (χ3v) is 1.53. The van der Waals surface area contributed by atoms with Gasteiger partial charge in [-0.05, 0) is 0 Å². The molecule has 1 aromatic heterocycles. The molecule has 0 atom stereocenters. The van der Waals surface area contributed by atoms with Crippen LogP contribution in [0.3, 0.4) is 0 Å². The number of rotatable bonds is 1. The predicted molar refractivity (Wildman–Crippen MR) is 43.9 cm³/mol. The second-order valence-electron chi connectivity index (χ2n) is 2.30. The topological polar surface area (TPSA) is 78.2 Å². The van der Waals surface area contributed by atoms with E-state index in [-0.39, 0.29) is 6.01 Å². The highest BCUT2D eigenvalue weighted by Gasteiger charge is 2.14. The fourth-order valence-electron chi connectivity index (χ4n) is 0.835. The fourth-order valence-corrected chi connectivity index (χ4v) is 0.835. The van der Waals surface area contributed by atoms with Gasteiger partial charge in [0.05, 0.1) is 7.11 Å². The minimum absolute atomic E-state index is 0.0913. The molecule has 0 saturated heterocycles. The average molecular weight is 186 g/mol. The number of nitrogens with one attached hydrogen (secondary N) is 1. The zero-order valence-corrected chi connectivity index (χ0v) is 7.57. The Labute approximate surface area is 73.9 Å². The standard InChI is InChI=1S/C6H10N4O3/c1-7-4(11)10-6(12)9(2)5(8-10)13-3/h1-3H3,(H,7,11). The van der Waals surface area contributed by atoms with E-state index in [1.807, 2.05) is 0 Å². The quantitative estimate of drug-likeness (QED) is 0.596. The van der Waals surface area contributed by atoms with Crippen LogP contribution in [0.1, 0.15) is 0 Å². The van der Waals surface area contributed by atoms with Gasteiger partial charge in [-0.2, -0.15) is 0 Å². The molecule has 0 aliphatic heterocycles. The first-order valence-electron chi connectivity index (χ1n) is 3.54. The average Bonchev–Trinajstić information content (AvgIpc) is 2.43. The third-order valence-electron chi connectivity index (χ3n) is 1.53. The molecule has 1 amide bonds. The van der Waals surface area contributed by atoms with Crippen LogP contribution in [0.4, 0.5) is 4.79 Å². The van der Waals surface area contributed by atoms with Crippen LogP contribution in [0.25, 0.3) is 0 Å². The van der Waals surface area contributed by atoms with E-state index in [0.29, 0.717) is 4.68 Å². The monoisotopic (exact) mass is 186 g/mol. The molecule has 7 nitrogen and oxygen atoms in total. The smallest absolute Gasteiger partial charge is 0.357 e. The number of methoxy groups -OCH3 is 1. The van der Waals surface area contributed by atoms with E-state index in [2.05, 4.69) is 10.4 Å². The van der Waals surface area contributed by atoms with Crippen molar-refractivity contribution in [2.75, 3.05) is 14.2 Å². The van der Waals surface area contributed by atoms with Gasteiger partial charge < -0.3 is 10.1 Å². The number of ether oxygens (including phenoxy) is 1. The molecule has 0 aliphatic rings. The van der Waals surface area contributed by atoms with E-state index in [1.54, 1.807) is 0 Å². The minimum Gasteiger partial charge on any atom is -0.467 e. The largest absolute Gasteiger partial charge is 0.467 e. The van der Waals surface area contributed by atoms with Gasteiger partial charge in [-0.15, -0.1) is 9.78 Å². The summed E-state index contributed by atoms with van der Waals surface area (Å²) in [5.74, 6) is 0. The second-order valence-corrected chi connectivity index (χ2v) is 2.30. The van der Waals surface area contributed by atoms with Crippen LogP contribution in [0.15, 0.2) is 4.79 Å². The lowest BCUT2D eigenvalue weighted by molar-refractivity contribution is 0.240. The molecule has 0 unspecified atom stereocenters. The molecule has 0 saturated carbocycles. The summed E-state index contributed by atoms with van der Waals surface area (Å²) < 4.78 is 6.58. The summed E-state index contributed by atoms with van der Waals surface area (Å²) in [5.41, 5.74) is -0.545. The Hall–Kier alpha value is -1.79. The van der Waals surface area contributed by atoms with E-state index >= 15 is 0 Å². The molecule has 0 spiro atoms. The molecule has 7 heteroatoms. The number of carbonyl (C=O) groups is 1. The van der Waals surface area contributed by atoms with Crippen LogP contribution < -0.4 is 15.7 Å². The Balaban J connectivity index is 3.25. The van der Waals surface area contributed by atoms with Gasteiger partial charge in [0.25, 0.3) is 0 Å². The highest BCUT2D eigenvalue weighted by molar-refractivity contribution is 5.75. The number of hydrogen-bond donors (Lipinski definition) is 1. The Morgan fingerprint density at radius 2 is 2.23 bits per heavy atom. The molecule has 0 radical (unpaired) electrons. The van der Waals surface area contributed by atoms with E-state index in [1.165, 1.54) is 21.2 Å². The van der Waals surface area contributed by atoms with E-state index in [9.17, 15) is 9.59 Å². The van der Waals surface area contributed by atoms with Crippen LogP contribution in [0.2, 0.25) is 0 Å². The highest BCUT2D eigenvalue weighted by Crippen LogP contribution is 1.97. The van der Waals surface area contributed by atoms with Gasteiger partial charge in [0.2, 0.25) is 0 Å². The summed E-state index contributed by atoms with van der Waals surface area (Å²) in [6.45, 7) is 0. The number of aromatic nitrogens is 3. The van der Waals surface area contributed by atoms with Crippen LogP contribution in [-0.4, -0.2) is 34.5 Å². The fraction of sp³-hybridized carbons (Fsp3) is 0.500. The van der Waals surface area contributed by atoms with E-state index in [0.717, 1.165) is 4.57 Å². The maximum Gasteiger partial charge on any atom is 0.357 e. The lowest BCUT2D eigenvalue weighted by atomic mass is 10.9. The van der Waals surface area contributed by atoms with Crippen molar-refractivity contribution in [2.24, 2.45) is 7.05 Å². The summed E-state index contributed by atoms with van der Waals surface area (Å²) in [6, 6.07) is -0.502. The highest BCUT2D eigenvalue weighted by atomic mass is 16.5. The molecular weight excluding hydrogens is 176 g/mol. The van der Waals surface area contributed by atoms with Gasteiger partial charge in [-0.25, -0.2) is 14.2 Å². The number of hydrogen-bond acceptors (Lipinski definition) is 4. The molecule has 1 heterocycles. The molecular formula is C6H10N4O3. The van der Waals surface area contributed by atoms with Crippen LogP contribution in [0.5, 0.6) is 6.01 Å². The van der Waals surface area contributed by atoms with Gasteiger partial charge in [-0.3, -0.25) is 0 Å². The van der Waals surface area contributed by atoms with Gasteiger partial charge in [0, 0.05) is 14.1 Å². The summed E-state index contributed by atoms with van der Waals surface area (Å²) >= 11 is 0. The number of amides is 1. The summed E-state index contributed by atoms with van der Waals surface area (Å²) in [7, 11) is 4.25. The lowest BCUT2D eigenvalue weighted by Crippen LogP contribution is -2.35. The van der Waals surface area contributed by atoms with Gasteiger partial charge >= 0.3 is 17.7 Å². The number of nitrogens with zero attached hydrogens (tertiary/aromatic N) is 3. The van der Waals surface area contributed by atoms with Crippen molar-refractivity contribution in [3.63, 3.8) is 0 Å². The number of carbonyl (C=O) groups excluding carboxylic acids is 1. The van der Waals surface area contributed by atoms with Gasteiger partial charge in [0.15, 0.2) is 0 Å². The molecule has 72 valence electrons. The second kappa shape index (κ2) is 3.30. The predicted octanol–water partition coefficient (Wildman–Crippen LogP) is -1.22. The lowest BCUT2D eigenvalue weighted by Gasteiger charge is -1.93. The molecule has 0 fully saturated rings. The Bertz CT molecular complexity index is 378. The van der Waals surface area contributed by atoms with Crippen molar-refractivity contribution in [1.82, 2.24) is 19.7 Å².